The number of ether oxygens (including phenoxy) is 1. The molecule has 2 heterocycles. The topological polar surface area (TPSA) is 112 Å². The molecular weight excluding hydrogens is 441 g/mol. The maximum Gasteiger partial charge on any atom is 0.345 e. The number of hydrogen-bond donors (Lipinski definition) is 4. The van der Waals surface area contributed by atoms with Gasteiger partial charge in [0.15, 0.2) is 0 Å². The second-order valence-electron chi connectivity index (χ2n) is 8.69. The lowest BCUT2D eigenvalue weighted by molar-refractivity contribution is -0.130. The molecule has 33 heavy (non-hydrogen) atoms. The van der Waals surface area contributed by atoms with Crippen molar-refractivity contribution in [2.24, 2.45) is 0 Å². The van der Waals surface area contributed by atoms with Gasteiger partial charge in [-0.1, -0.05) is 0 Å². The fraction of sp³-hybridized carbons (Fsp3) is 0.762. The van der Waals surface area contributed by atoms with Gasteiger partial charge in [-0.05, 0) is 39.0 Å². The molecule has 0 radical (unpaired) electrons. The number of hydrogen-bond acceptors (Lipinski definition) is 8. The van der Waals surface area contributed by atoms with Crippen LogP contribution in [0.1, 0.15) is 49.4 Å². The second-order valence-corrected chi connectivity index (χ2v) is 8.69. The summed E-state index contributed by atoms with van der Waals surface area (Å²) in [6, 6.07) is -0.531. The smallest absolute Gasteiger partial charge is 0.345 e. The lowest BCUT2D eigenvalue weighted by Crippen LogP contribution is -2.38. The molecule has 0 aromatic carbocycles. The van der Waals surface area contributed by atoms with E-state index in [4.69, 9.17) is 0 Å². The summed E-state index contributed by atoms with van der Waals surface area (Å²) in [5.41, 5.74) is 0.270. The molecule has 12 heteroatoms. The minimum Gasteiger partial charge on any atom is -0.393 e. The molecule has 4 N–H and O–H groups in total. The van der Waals surface area contributed by atoms with E-state index in [1.807, 2.05) is 4.90 Å². The van der Waals surface area contributed by atoms with Crippen molar-refractivity contribution in [3.8, 4) is 0 Å². The Kier molecular flexibility index (Phi) is 9.51. The molecule has 3 rings (SSSR count). The van der Waals surface area contributed by atoms with Gasteiger partial charge in [0.05, 0.1) is 12.7 Å². The molecule has 1 saturated heterocycles. The molecule has 0 bridgehead atoms. The fourth-order valence-electron chi connectivity index (χ4n) is 4.16. The highest BCUT2D eigenvalue weighted by Crippen LogP contribution is 2.24. The highest BCUT2D eigenvalue weighted by molar-refractivity contribution is 5.98. The van der Waals surface area contributed by atoms with E-state index in [0.717, 1.165) is 25.8 Å². The van der Waals surface area contributed by atoms with Crippen LogP contribution in [-0.2, 0) is 4.74 Å². The number of rotatable bonds is 11. The maximum atomic E-state index is 13.0. The monoisotopic (exact) mass is 474 g/mol. The first-order valence-electron chi connectivity index (χ1n) is 11.4. The number of aromatic nitrogens is 2. The van der Waals surface area contributed by atoms with Crippen LogP contribution in [0.2, 0.25) is 0 Å². The number of likely N-dealkylation sites (tertiary alicyclic amines) is 1. The molecule has 1 aliphatic carbocycles. The lowest BCUT2D eigenvalue weighted by Gasteiger charge is -2.27. The Balaban J connectivity index is 1.70. The fourth-order valence-corrected chi connectivity index (χ4v) is 4.16. The number of aliphatic hydroxyl groups excluding tert-OH is 1. The first-order valence-corrected chi connectivity index (χ1v) is 11.4. The molecule has 0 spiro atoms. The van der Waals surface area contributed by atoms with Crippen LogP contribution in [-0.4, -0.2) is 89.6 Å². The first kappa shape index (κ1) is 25.4. The number of aliphatic hydroxyl groups is 1. The third-order valence-corrected chi connectivity index (χ3v) is 5.93. The van der Waals surface area contributed by atoms with E-state index in [0.29, 0.717) is 31.7 Å². The number of carbonyl (C=O) groups excluding carboxylic acids is 1. The Labute approximate surface area is 191 Å². The van der Waals surface area contributed by atoms with E-state index >= 15 is 0 Å². The normalized spacial score (nSPS) is 24.6. The van der Waals surface area contributed by atoms with Crippen LogP contribution in [0, 0.1) is 0 Å². The van der Waals surface area contributed by atoms with Crippen LogP contribution in [0.3, 0.4) is 0 Å². The zero-order chi connectivity index (χ0) is 23.8. The number of amides is 1. The second kappa shape index (κ2) is 12.3. The van der Waals surface area contributed by atoms with Crippen molar-refractivity contribution in [3.63, 3.8) is 0 Å². The van der Waals surface area contributed by atoms with Crippen LogP contribution >= 0.6 is 0 Å². The molecule has 186 valence electrons. The Morgan fingerprint density at radius 2 is 2.03 bits per heavy atom. The third-order valence-electron chi connectivity index (χ3n) is 5.93. The predicted octanol–water partition coefficient (Wildman–Crippen LogP) is 2.01. The number of nitrogens with zero attached hydrogens (tertiary/aromatic N) is 3. The molecule has 2 atom stereocenters. The zero-order valence-corrected chi connectivity index (χ0v) is 18.8. The molecule has 1 aliphatic heterocycles. The summed E-state index contributed by atoms with van der Waals surface area (Å²) in [5, 5.41) is 18.9. The summed E-state index contributed by atoms with van der Waals surface area (Å²) in [4.78, 5) is 23.6. The number of alkyl halides is 3. The predicted molar refractivity (Wildman–Crippen MR) is 117 cm³/mol. The van der Waals surface area contributed by atoms with Crippen molar-refractivity contribution in [3.05, 3.63) is 11.8 Å². The van der Waals surface area contributed by atoms with Crippen LogP contribution in [0.4, 0.5) is 24.9 Å². The average Bonchev–Trinajstić information content (AvgIpc) is 3.21. The SMILES string of the molecule is C[C@@H](COC(F)F)Nc1ncc(C(=O)N[C@H]2CCN(CCF)C2)c(N[C@H]2CC[C@H](O)CC2)n1. The number of carbonyl (C=O) groups is 1. The van der Waals surface area contributed by atoms with E-state index in [9.17, 15) is 23.1 Å². The molecule has 1 aromatic rings. The molecule has 0 unspecified atom stereocenters. The summed E-state index contributed by atoms with van der Waals surface area (Å²) in [6.07, 6.45) is 4.59. The van der Waals surface area contributed by atoms with Crippen molar-refractivity contribution in [2.45, 2.75) is 69.9 Å². The minimum atomic E-state index is -2.86. The Morgan fingerprint density at radius 1 is 1.27 bits per heavy atom. The van der Waals surface area contributed by atoms with Crippen LogP contribution in [0.5, 0.6) is 0 Å². The van der Waals surface area contributed by atoms with E-state index in [1.165, 1.54) is 6.20 Å². The highest BCUT2D eigenvalue weighted by atomic mass is 19.3. The highest BCUT2D eigenvalue weighted by Gasteiger charge is 2.27. The van der Waals surface area contributed by atoms with Gasteiger partial charge < -0.3 is 25.8 Å². The molecule has 1 aromatic heterocycles. The quantitative estimate of drug-likeness (QED) is 0.386. The Hall–Kier alpha value is -2.18. The summed E-state index contributed by atoms with van der Waals surface area (Å²) in [6.45, 7) is -0.202. The van der Waals surface area contributed by atoms with E-state index in [1.54, 1.807) is 6.92 Å². The third kappa shape index (κ3) is 7.97. The number of halogens is 3. The van der Waals surface area contributed by atoms with Crippen molar-refractivity contribution >= 4 is 17.7 Å². The van der Waals surface area contributed by atoms with Crippen LogP contribution in [0.15, 0.2) is 6.20 Å². The summed E-state index contributed by atoms with van der Waals surface area (Å²) < 4.78 is 41.5. The van der Waals surface area contributed by atoms with Crippen LogP contribution in [0.25, 0.3) is 0 Å². The number of anilines is 2. The van der Waals surface area contributed by atoms with E-state index < -0.39 is 19.3 Å². The van der Waals surface area contributed by atoms with Crippen molar-refractivity contribution in [1.82, 2.24) is 20.2 Å². The lowest BCUT2D eigenvalue weighted by atomic mass is 9.93. The van der Waals surface area contributed by atoms with Gasteiger partial charge in [0.25, 0.3) is 5.91 Å². The van der Waals surface area contributed by atoms with Crippen molar-refractivity contribution in [2.75, 3.05) is 43.5 Å². The zero-order valence-electron chi connectivity index (χ0n) is 18.8. The van der Waals surface area contributed by atoms with Gasteiger partial charge in [0.2, 0.25) is 5.95 Å². The number of nitrogens with one attached hydrogen (secondary N) is 3. The van der Waals surface area contributed by atoms with Gasteiger partial charge in [-0.2, -0.15) is 13.8 Å². The maximum absolute atomic E-state index is 13.0. The molecule has 1 saturated carbocycles. The molecule has 2 aliphatic rings. The molecule has 2 fully saturated rings. The van der Waals surface area contributed by atoms with Gasteiger partial charge in [0.1, 0.15) is 18.1 Å². The Bertz CT molecular complexity index is 767. The van der Waals surface area contributed by atoms with Crippen LogP contribution < -0.4 is 16.0 Å². The van der Waals surface area contributed by atoms with Gasteiger partial charge in [-0.3, -0.25) is 9.69 Å². The van der Waals surface area contributed by atoms with Gasteiger partial charge in [-0.25, -0.2) is 9.37 Å². The van der Waals surface area contributed by atoms with Gasteiger partial charge in [-0.15, -0.1) is 0 Å². The average molecular weight is 475 g/mol. The summed E-state index contributed by atoms with van der Waals surface area (Å²) in [7, 11) is 0. The van der Waals surface area contributed by atoms with Crippen molar-refractivity contribution < 1.29 is 27.8 Å². The Morgan fingerprint density at radius 3 is 2.73 bits per heavy atom. The van der Waals surface area contributed by atoms with Gasteiger partial charge in [0, 0.05) is 44.0 Å². The van der Waals surface area contributed by atoms with Gasteiger partial charge >= 0.3 is 6.61 Å². The van der Waals surface area contributed by atoms with E-state index in [2.05, 4.69) is 30.7 Å². The first-order chi connectivity index (χ1) is 15.8. The largest absolute Gasteiger partial charge is 0.393 e. The summed E-state index contributed by atoms with van der Waals surface area (Å²) in [5.74, 6) is 0.193. The molecule has 9 nitrogen and oxygen atoms in total. The van der Waals surface area contributed by atoms with Crippen molar-refractivity contribution in [1.29, 1.82) is 0 Å². The molecule has 1 amide bonds. The molecular formula is C21H33F3N6O3. The standard InChI is InChI=1S/C21H33F3N6O3/c1-13(12-33-20(23)24)26-21-25-10-17(18(29-21)27-14-2-4-16(31)5-3-14)19(32)28-15-6-8-30(11-15)9-7-22/h10,13-16,20,31H,2-9,11-12H2,1H3,(H,28,32)(H2,25,26,27,29)/t13-,14-,15-,16-/m0/s1. The van der Waals surface area contributed by atoms with E-state index in [-0.39, 0.29) is 42.2 Å². The minimum absolute atomic E-state index is 0.0359. The summed E-state index contributed by atoms with van der Waals surface area (Å²) >= 11 is 0.